The number of benzene rings is 2. The average Bonchev–Trinajstić information content (AvgIpc) is 2.80. The Morgan fingerprint density at radius 1 is 1.00 bits per heavy atom. The molecule has 1 aliphatic rings. The van der Waals surface area contributed by atoms with Gasteiger partial charge in [-0.15, -0.1) is 0 Å². The molecule has 0 aliphatic carbocycles. The molecule has 3 rings (SSSR count). The van der Waals surface area contributed by atoms with Gasteiger partial charge in [0.25, 0.3) is 5.91 Å². The number of amides is 1. The zero-order valence-electron chi connectivity index (χ0n) is 17.8. The van der Waals surface area contributed by atoms with E-state index in [0.717, 1.165) is 38.7 Å². The maximum Gasteiger partial charge on any atom is 0.251 e. The summed E-state index contributed by atoms with van der Waals surface area (Å²) in [5, 5.41) is 6.28. The van der Waals surface area contributed by atoms with Crippen molar-refractivity contribution in [2.75, 3.05) is 53.4 Å². The van der Waals surface area contributed by atoms with Crippen molar-refractivity contribution in [1.29, 1.82) is 0 Å². The van der Waals surface area contributed by atoms with E-state index in [1.807, 2.05) is 12.1 Å². The first-order valence-corrected chi connectivity index (χ1v) is 10.3. The molecule has 160 valence electrons. The first-order chi connectivity index (χ1) is 14.7. The van der Waals surface area contributed by atoms with E-state index < -0.39 is 0 Å². The molecule has 1 heterocycles. The van der Waals surface area contributed by atoms with Crippen molar-refractivity contribution in [3.8, 4) is 5.75 Å². The minimum Gasteiger partial charge on any atom is -0.497 e. The molecular formula is C23H31N5O2. The molecule has 1 aliphatic heterocycles. The maximum absolute atomic E-state index is 12.3. The van der Waals surface area contributed by atoms with Gasteiger partial charge in [0.15, 0.2) is 5.96 Å². The molecule has 0 atom stereocenters. The molecule has 1 saturated heterocycles. The second-order valence-electron chi connectivity index (χ2n) is 7.21. The van der Waals surface area contributed by atoms with Gasteiger partial charge in [-0.05, 0) is 23.8 Å². The van der Waals surface area contributed by atoms with Crippen LogP contribution in [-0.4, -0.2) is 75.1 Å². The second kappa shape index (κ2) is 11.2. The van der Waals surface area contributed by atoms with Crippen LogP contribution in [0.15, 0.2) is 59.6 Å². The molecule has 2 aromatic carbocycles. The molecule has 0 spiro atoms. The Morgan fingerprint density at radius 3 is 2.43 bits per heavy atom. The number of carbonyl (C=O) groups excluding carboxylic acids is 1. The van der Waals surface area contributed by atoms with Crippen molar-refractivity contribution in [2.24, 2.45) is 4.99 Å². The van der Waals surface area contributed by atoms with Crippen molar-refractivity contribution in [3.05, 3.63) is 65.7 Å². The molecular weight excluding hydrogens is 378 g/mol. The summed E-state index contributed by atoms with van der Waals surface area (Å²) in [5.41, 5.74) is 1.94. The molecule has 0 radical (unpaired) electrons. The van der Waals surface area contributed by atoms with Gasteiger partial charge in [-0.25, -0.2) is 0 Å². The van der Waals surface area contributed by atoms with Crippen molar-refractivity contribution < 1.29 is 9.53 Å². The number of hydrogen-bond acceptors (Lipinski definition) is 4. The van der Waals surface area contributed by atoms with E-state index in [1.165, 1.54) is 5.56 Å². The van der Waals surface area contributed by atoms with Crippen molar-refractivity contribution in [3.63, 3.8) is 0 Å². The molecule has 7 heteroatoms. The SMILES string of the molecule is CN=C(NCCNC(=O)c1cccc(OC)c1)N1CCN(Cc2ccccc2)CC1. The van der Waals surface area contributed by atoms with Crippen LogP contribution in [0.1, 0.15) is 15.9 Å². The lowest BCUT2D eigenvalue weighted by Crippen LogP contribution is -2.52. The first kappa shape index (κ1) is 21.6. The summed E-state index contributed by atoms with van der Waals surface area (Å²) in [6.45, 7) is 5.99. The van der Waals surface area contributed by atoms with Crippen LogP contribution in [0.3, 0.4) is 0 Å². The number of carbonyl (C=O) groups is 1. The number of nitrogens with one attached hydrogen (secondary N) is 2. The molecule has 0 aromatic heterocycles. The number of guanidine groups is 1. The van der Waals surface area contributed by atoms with Gasteiger partial charge in [-0.3, -0.25) is 14.7 Å². The lowest BCUT2D eigenvalue weighted by Gasteiger charge is -2.36. The van der Waals surface area contributed by atoms with Gasteiger partial charge in [0.05, 0.1) is 7.11 Å². The number of piperazine rings is 1. The highest BCUT2D eigenvalue weighted by Gasteiger charge is 2.19. The van der Waals surface area contributed by atoms with Crippen LogP contribution in [0.25, 0.3) is 0 Å². The quantitative estimate of drug-likeness (QED) is 0.415. The van der Waals surface area contributed by atoms with E-state index >= 15 is 0 Å². The summed E-state index contributed by atoms with van der Waals surface area (Å²) in [6, 6.07) is 17.7. The third-order valence-corrected chi connectivity index (χ3v) is 5.16. The van der Waals surface area contributed by atoms with E-state index in [0.29, 0.717) is 24.4 Å². The summed E-state index contributed by atoms with van der Waals surface area (Å²) in [6.07, 6.45) is 0. The van der Waals surface area contributed by atoms with E-state index in [9.17, 15) is 4.79 Å². The molecule has 2 N–H and O–H groups in total. The van der Waals surface area contributed by atoms with Gasteiger partial charge in [-0.1, -0.05) is 36.4 Å². The third kappa shape index (κ3) is 6.22. The number of ether oxygens (including phenoxy) is 1. The number of hydrogen-bond donors (Lipinski definition) is 2. The topological polar surface area (TPSA) is 69.2 Å². The summed E-state index contributed by atoms with van der Waals surface area (Å²) in [4.78, 5) is 21.4. The smallest absolute Gasteiger partial charge is 0.251 e. The standard InChI is InChI=1S/C23H31N5O2/c1-24-23(26-12-11-25-22(29)20-9-6-10-21(17-20)30-2)28-15-13-27(14-16-28)18-19-7-4-3-5-8-19/h3-10,17H,11-16,18H2,1-2H3,(H,24,26)(H,25,29). The van der Waals surface area contributed by atoms with Gasteiger partial charge >= 0.3 is 0 Å². The Bertz CT molecular complexity index is 832. The van der Waals surface area contributed by atoms with Gasteiger partial charge < -0.3 is 20.3 Å². The van der Waals surface area contributed by atoms with Gasteiger partial charge in [0, 0.05) is 58.4 Å². The van der Waals surface area contributed by atoms with Gasteiger partial charge in [-0.2, -0.15) is 0 Å². The highest BCUT2D eigenvalue weighted by Crippen LogP contribution is 2.12. The van der Waals surface area contributed by atoms with E-state index in [-0.39, 0.29) is 5.91 Å². The maximum atomic E-state index is 12.3. The van der Waals surface area contributed by atoms with Crippen molar-refractivity contribution in [2.45, 2.75) is 6.54 Å². The summed E-state index contributed by atoms with van der Waals surface area (Å²) in [7, 11) is 3.39. The fourth-order valence-electron chi connectivity index (χ4n) is 3.51. The normalized spacial score (nSPS) is 15.0. The van der Waals surface area contributed by atoms with Crippen LogP contribution < -0.4 is 15.4 Å². The molecule has 0 saturated carbocycles. The molecule has 1 amide bonds. The summed E-state index contributed by atoms with van der Waals surface area (Å²) >= 11 is 0. The zero-order chi connectivity index (χ0) is 21.2. The van der Waals surface area contributed by atoms with Crippen LogP contribution in [-0.2, 0) is 6.54 Å². The average molecular weight is 410 g/mol. The second-order valence-corrected chi connectivity index (χ2v) is 7.21. The minimum atomic E-state index is -0.111. The molecule has 30 heavy (non-hydrogen) atoms. The van der Waals surface area contributed by atoms with E-state index in [1.54, 1.807) is 26.3 Å². The lowest BCUT2D eigenvalue weighted by molar-refractivity contribution is 0.0954. The zero-order valence-corrected chi connectivity index (χ0v) is 17.8. The summed E-state index contributed by atoms with van der Waals surface area (Å²) in [5.74, 6) is 1.44. The van der Waals surface area contributed by atoms with Crippen LogP contribution in [0, 0.1) is 0 Å². The highest BCUT2D eigenvalue weighted by molar-refractivity contribution is 5.94. The Morgan fingerprint density at radius 2 is 1.73 bits per heavy atom. The minimum absolute atomic E-state index is 0.111. The fourth-order valence-corrected chi connectivity index (χ4v) is 3.51. The van der Waals surface area contributed by atoms with Crippen molar-refractivity contribution >= 4 is 11.9 Å². The highest BCUT2D eigenvalue weighted by atomic mass is 16.5. The number of aliphatic imine (C=N–C) groups is 1. The van der Waals surface area contributed by atoms with E-state index in [4.69, 9.17) is 4.74 Å². The third-order valence-electron chi connectivity index (χ3n) is 5.16. The van der Waals surface area contributed by atoms with Crippen LogP contribution in [0.4, 0.5) is 0 Å². The van der Waals surface area contributed by atoms with Crippen molar-refractivity contribution in [1.82, 2.24) is 20.4 Å². The Balaban J connectivity index is 1.38. The molecule has 7 nitrogen and oxygen atoms in total. The largest absolute Gasteiger partial charge is 0.497 e. The molecule has 1 fully saturated rings. The Kier molecular flexibility index (Phi) is 8.09. The number of nitrogens with zero attached hydrogens (tertiary/aromatic N) is 3. The van der Waals surface area contributed by atoms with Crippen LogP contribution >= 0.6 is 0 Å². The molecule has 0 unspecified atom stereocenters. The monoisotopic (exact) mass is 409 g/mol. The number of rotatable bonds is 7. The van der Waals surface area contributed by atoms with Crippen LogP contribution in [0.2, 0.25) is 0 Å². The Hall–Kier alpha value is -3.06. The van der Waals surface area contributed by atoms with E-state index in [2.05, 4.69) is 55.8 Å². The van der Waals surface area contributed by atoms with Gasteiger partial charge in [0.1, 0.15) is 5.75 Å². The number of methoxy groups -OCH3 is 1. The van der Waals surface area contributed by atoms with Gasteiger partial charge in [0.2, 0.25) is 0 Å². The lowest BCUT2D eigenvalue weighted by atomic mass is 10.2. The molecule has 0 bridgehead atoms. The summed E-state index contributed by atoms with van der Waals surface area (Å²) < 4.78 is 5.17. The predicted octanol–water partition coefficient (Wildman–Crippen LogP) is 1.82. The fraction of sp³-hybridized carbons (Fsp3) is 0.391. The first-order valence-electron chi connectivity index (χ1n) is 10.3. The van der Waals surface area contributed by atoms with Crippen LogP contribution in [0.5, 0.6) is 5.75 Å². The Labute approximate surface area is 178 Å². The molecule has 2 aromatic rings. The predicted molar refractivity (Wildman–Crippen MR) is 120 cm³/mol.